The molecule has 0 N–H and O–H groups in total. The number of hydrazone groups is 1. The smallest absolute Gasteiger partial charge is 0.240 e. The van der Waals surface area contributed by atoms with Crippen molar-refractivity contribution in [3.63, 3.8) is 0 Å². The van der Waals surface area contributed by atoms with Crippen LogP contribution in [0.25, 0.3) is 0 Å². The maximum atomic E-state index is 12.0. The second kappa shape index (κ2) is 6.24. The van der Waals surface area contributed by atoms with Crippen LogP contribution in [-0.2, 0) is 4.79 Å². The molecule has 4 nitrogen and oxygen atoms in total. The van der Waals surface area contributed by atoms with Crippen molar-refractivity contribution in [3.8, 4) is 5.75 Å². The molecule has 1 aliphatic heterocycles. The van der Waals surface area contributed by atoms with E-state index in [1.807, 2.05) is 24.3 Å². The zero-order valence-corrected chi connectivity index (χ0v) is 13.6. The summed E-state index contributed by atoms with van der Waals surface area (Å²) in [6.07, 6.45) is 0.684. The fourth-order valence-electron chi connectivity index (χ4n) is 2.90. The lowest BCUT2D eigenvalue weighted by Gasteiger charge is -2.22. The van der Waals surface area contributed by atoms with Crippen LogP contribution < -0.4 is 4.74 Å². The lowest BCUT2D eigenvalue weighted by atomic mass is 9.97. The fourth-order valence-corrected chi connectivity index (χ4v) is 2.90. The molecule has 0 spiro atoms. The van der Waals surface area contributed by atoms with Crippen LogP contribution in [0.1, 0.15) is 36.1 Å². The van der Waals surface area contributed by atoms with E-state index in [0.717, 1.165) is 22.6 Å². The van der Waals surface area contributed by atoms with Gasteiger partial charge in [-0.25, -0.2) is 5.01 Å². The van der Waals surface area contributed by atoms with E-state index in [-0.39, 0.29) is 11.9 Å². The minimum absolute atomic E-state index is 0.0667. The van der Waals surface area contributed by atoms with E-state index in [1.54, 1.807) is 19.0 Å². The number of hydrogen-bond acceptors (Lipinski definition) is 3. The average molecular weight is 308 g/mol. The van der Waals surface area contributed by atoms with E-state index in [1.165, 1.54) is 5.56 Å². The number of aryl methyl sites for hydroxylation is 1. The van der Waals surface area contributed by atoms with E-state index >= 15 is 0 Å². The Labute approximate surface area is 136 Å². The van der Waals surface area contributed by atoms with Crippen LogP contribution in [0.4, 0.5) is 0 Å². The molecule has 0 fully saturated rings. The number of nitrogens with zero attached hydrogens (tertiary/aromatic N) is 2. The van der Waals surface area contributed by atoms with E-state index < -0.39 is 0 Å². The van der Waals surface area contributed by atoms with Gasteiger partial charge in [0.15, 0.2) is 0 Å². The molecule has 0 bridgehead atoms. The summed E-state index contributed by atoms with van der Waals surface area (Å²) in [6.45, 7) is 3.60. The van der Waals surface area contributed by atoms with Crippen molar-refractivity contribution in [2.75, 3.05) is 7.11 Å². The first-order chi connectivity index (χ1) is 11.1. The monoisotopic (exact) mass is 308 g/mol. The minimum atomic E-state index is -0.125. The second-order valence-electron chi connectivity index (χ2n) is 5.74. The Morgan fingerprint density at radius 2 is 1.87 bits per heavy atom. The van der Waals surface area contributed by atoms with E-state index in [2.05, 4.69) is 36.3 Å². The van der Waals surface area contributed by atoms with Crippen LogP contribution in [0, 0.1) is 6.92 Å². The third kappa shape index (κ3) is 2.97. The molecular formula is C19H20N2O2. The van der Waals surface area contributed by atoms with Crippen molar-refractivity contribution in [1.82, 2.24) is 5.01 Å². The van der Waals surface area contributed by atoms with Crippen LogP contribution in [-0.4, -0.2) is 23.7 Å². The molecule has 1 amide bonds. The molecule has 3 rings (SSSR count). The van der Waals surface area contributed by atoms with Gasteiger partial charge in [0.1, 0.15) is 5.75 Å². The highest BCUT2D eigenvalue weighted by atomic mass is 16.5. The summed E-state index contributed by atoms with van der Waals surface area (Å²) < 4.78 is 5.45. The number of para-hydroxylation sites is 1. The summed E-state index contributed by atoms with van der Waals surface area (Å²) in [5.41, 5.74) is 4.17. The molecule has 0 radical (unpaired) electrons. The fraction of sp³-hybridized carbons (Fsp3) is 0.263. The maximum Gasteiger partial charge on any atom is 0.240 e. The summed E-state index contributed by atoms with van der Waals surface area (Å²) in [5.74, 6) is 0.715. The number of rotatable bonds is 3. The Balaban J connectivity index is 1.97. The van der Waals surface area contributed by atoms with Gasteiger partial charge >= 0.3 is 0 Å². The summed E-state index contributed by atoms with van der Waals surface area (Å²) in [4.78, 5) is 12.0. The maximum absolute atomic E-state index is 12.0. The van der Waals surface area contributed by atoms with Crippen molar-refractivity contribution in [2.45, 2.75) is 26.3 Å². The molecule has 2 aromatic rings. The van der Waals surface area contributed by atoms with Gasteiger partial charge in [-0.2, -0.15) is 5.10 Å². The minimum Gasteiger partial charge on any atom is -0.496 e. The number of hydrogen-bond donors (Lipinski definition) is 0. The van der Waals surface area contributed by atoms with Crippen molar-refractivity contribution in [3.05, 3.63) is 65.2 Å². The topological polar surface area (TPSA) is 41.9 Å². The molecular weight excluding hydrogens is 288 g/mol. The van der Waals surface area contributed by atoms with Crippen molar-refractivity contribution in [1.29, 1.82) is 0 Å². The van der Waals surface area contributed by atoms with Crippen molar-refractivity contribution >= 4 is 11.6 Å². The largest absolute Gasteiger partial charge is 0.496 e. The lowest BCUT2D eigenvalue weighted by molar-refractivity contribution is -0.130. The van der Waals surface area contributed by atoms with Gasteiger partial charge < -0.3 is 4.74 Å². The predicted octanol–water partition coefficient (Wildman–Crippen LogP) is 3.70. The van der Waals surface area contributed by atoms with Gasteiger partial charge in [0.2, 0.25) is 5.91 Å². The van der Waals surface area contributed by atoms with Gasteiger partial charge in [-0.1, -0.05) is 48.0 Å². The molecule has 23 heavy (non-hydrogen) atoms. The zero-order valence-electron chi connectivity index (χ0n) is 13.6. The van der Waals surface area contributed by atoms with Crippen molar-refractivity contribution in [2.24, 2.45) is 5.10 Å². The normalized spacial score (nSPS) is 17.1. The van der Waals surface area contributed by atoms with E-state index in [0.29, 0.717) is 6.42 Å². The summed E-state index contributed by atoms with van der Waals surface area (Å²) in [5, 5.41) is 6.13. The van der Waals surface area contributed by atoms with Gasteiger partial charge in [0.05, 0.1) is 18.9 Å². The first-order valence-corrected chi connectivity index (χ1v) is 7.67. The van der Waals surface area contributed by atoms with Gasteiger partial charge in [-0.3, -0.25) is 4.79 Å². The molecule has 1 atom stereocenters. The number of ether oxygens (including phenoxy) is 1. The van der Waals surface area contributed by atoms with Gasteiger partial charge in [-0.15, -0.1) is 0 Å². The first kappa shape index (κ1) is 15.3. The number of carbonyl (C=O) groups excluding carboxylic acids is 1. The first-order valence-electron chi connectivity index (χ1n) is 7.67. The van der Waals surface area contributed by atoms with Gasteiger partial charge in [0, 0.05) is 18.9 Å². The molecule has 0 saturated heterocycles. The van der Waals surface area contributed by atoms with Crippen LogP contribution in [0.15, 0.2) is 53.6 Å². The summed E-state index contributed by atoms with van der Waals surface area (Å²) >= 11 is 0. The molecule has 2 aromatic carbocycles. The van der Waals surface area contributed by atoms with E-state index in [4.69, 9.17) is 4.74 Å². The average Bonchev–Trinajstić information content (AvgIpc) is 3.01. The molecule has 0 aliphatic carbocycles. The molecule has 0 saturated carbocycles. The number of benzene rings is 2. The third-order valence-electron chi connectivity index (χ3n) is 4.12. The number of carbonyl (C=O) groups is 1. The Bertz CT molecular complexity index is 750. The Hall–Kier alpha value is -2.62. The lowest BCUT2D eigenvalue weighted by Crippen LogP contribution is -2.24. The SMILES string of the molecule is COc1ccccc1C1CC(c2ccc(C)cc2)=NN1C(C)=O. The Kier molecular flexibility index (Phi) is 4.15. The zero-order chi connectivity index (χ0) is 16.4. The van der Waals surface area contributed by atoms with Gasteiger partial charge in [0.25, 0.3) is 0 Å². The van der Waals surface area contributed by atoms with Crippen LogP contribution in [0.5, 0.6) is 5.75 Å². The van der Waals surface area contributed by atoms with Crippen LogP contribution in [0.2, 0.25) is 0 Å². The Morgan fingerprint density at radius 1 is 1.17 bits per heavy atom. The molecule has 1 unspecified atom stereocenters. The highest BCUT2D eigenvalue weighted by Gasteiger charge is 2.32. The summed E-state index contributed by atoms with van der Waals surface area (Å²) in [7, 11) is 1.65. The van der Waals surface area contributed by atoms with Crippen LogP contribution >= 0.6 is 0 Å². The van der Waals surface area contributed by atoms with Crippen molar-refractivity contribution < 1.29 is 9.53 Å². The molecule has 1 aliphatic rings. The number of methoxy groups -OCH3 is 1. The molecule has 118 valence electrons. The second-order valence-corrected chi connectivity index (χ2v) is 5.74. The third-order valence-corrected chi connectivity index (χ3v) is 4.12. The van der Waals surface area contributed by atoms with Crippen LogP contribution in [0.3, 0.4) is 0 Å². The quantitative estimate of drug-likeness (QED) is 0.867. The molecule has 4 heteroatoms. The summed E-state index contributed by atoms with van der Waals surface area (Å²) in [6, 6.07) is 15.9. The number of amides is 1. The Morgan fingerprint density at radius 3 is 2.52 bits per heavy atom. The van der Waals surface area contributed by atoms with E-state index in [9.17, 15) is 4.79 Å². The highest BCUT2D eigenvalue weighted by molar-refractivity contribution is 6.03. The van der Waals surface area contributed by atoms with Gasteiger partial charge in [-0.05, 0) is 18.6 Å². The predicted molar refractivity (Wildman–Crippen MR) is 90.6 cm³/mol. The standard InChI is InChI=1S/C19H20N2O2/c1-13-8-10-15(11-9-13)17-12-18(21(20-17)14(2)22)16-6-4-5-7-19(16)23-3/h4-11,18H,12H2,1-3H3. The highest BCUT2D eigenvalue weighted by Crippen LogP contribution is 2.37. The molecule has 1 heterocycles. The molecule has 0 aromatic heterocycles.